The van der Waals surface area contributed by atoms with Crippen molar-refractivity contribution in [1.82, 2.24) is 15.3 Å². The summed E-state index contributed by atoms with van der Waals surface area (Å²) in [6.07, 6.45) is 6.92. The van der Waals surface area contributed by atoms with Crippen molar-refractivity contribution >= 4 is 29.3 Å². The van der Waals surface area contributed by atoms with Crippen LogP contribution in [0.5, 0.6) is 0 Å². The fourth-order valence-corrected chi connectivity index (χ4v) is 4.67. The van der Waals surface area contributed by atoms with E-state index in [-0.39, 0.29) is 23.7 Å². The zero-order valence-electron chi connectivity index (χ0n) is 19.5. The SMILES string of the molecule is O=C(O)C(CCOCCCCc1ccc2c(n1)NCCC2)NC(=O)C1(c2ncc(F)cc2Cl)CC1. The molecule has 8 nitrogen and oxygen atoms in total. The molecule has 188 valence electrons. The maximum absolute atomic E-state index is 13.3. The van der Waals surface area contributed by atoms with Crippen molar-refractivity contribution < 1.29 is 23.8 Å². The molecule has 1 amide bonds. The normalized spacial score (nSPS) is 16.6. The number of nitrogens with zero attached hydrogens (tertiary/aromatic N) is 2. The molecule has 4 rings (SSSR count). The Kier molecular flexibility index (Phi) is 8.18. The number of pyridine rings is 2. The molecule has 10 heteroatoms. The van der Waals surface area contributed by atoms with Crippen LogP contribution >= 0.6 is 11.6 Å². The molecule has 35 heavy (non-hydrogen) atoms. The Morgan fingerprint density at radius 1 is 1.29 bits per heavy atom. The van der Waals surface area contributed by atoms with Gasteiger partial charge < -0.3 is 20.5 Å². The van der Waals surface area contributed by atoms with Crippen molar-refractivity contribution in [2.24, 2.45) is 0 Å². The van der Waals surface area contributed by atoms with E-state index in [4.69, 9.17) is 16.3 Å². The van der Waals surface area contributed by atoms with Gasteiger partial charge >= 0.3 is 5.97 Å². The first-order chi connectivity index (χ1) is 16.9. The van der Waals surface area contributed by atoms with Gasteiger partial charge in [0.05, 0.1) is 22.3 Å². The van der Waals surface area contributed by atoms with E-state index in [0.717, 1.165) is 62.4 Å². The number of hydrogen-bond acceptors (Lipinski definition) is 6. The molecule has 2 aromatic rings. The van der Waals surface area contributed by atoms with Crippen LogP contribution in [0.4, 0.5) is 10.2 Å². The van der Waals surface area contributed by atoms with Gasteiger partial charge in [-0.1, -0.05) is 17.7 Å². The fourth-order valence-electron chi connectivity index (χ4n) is 4.34. The summed E-state index contributed by atoms with van der Waals surface area (Å²) in [4.78, 5) is 33.2. The highest BCUT2D eigenvalue weighted by molar-refractivity contribution is 6.31. The number of rotatable bonds is 12. The summed E-state index contributed by atoms with van der Waals surface area (Å²) < 4.78 is 18.9. The standard InChI is InChI=1S/C25H30ClFN4O4/c26-19-14-17(27)15-29-21(19)25(9-10-25)24(34)31-20(23(32)33)8-13-35-12-2-1-5-18-7-6-16-4-3-11-28-22(16)30-18/h6-7,14-15,20H,1-5,8-13H2,(H,28,30)(H,31,34)(H,32,33). The van der Waals surface area contributed by atoms with Crippen LogP contribution in [-0.4, -0.2) is 52.8 Å². The van der Waals surface area contributed by atoms with Gasteiger partial charge in [-0.25, -0.2) is 14.2 Å². The third-order valence-corrected chi connectivity index (χ3v) is 6.81. The van der Waals surface area contributed by atoms with Crippen molar-refractivity contribution in [3.63, 3.8) is 0 Å². The third-order valence-electron chi connectivity index (χ3n) is 6.52. The van der Waals surface area contributed by atoms with Crippen LogP contribution < -0.4 is 10.6 Å². The number of aromatic nitrogens is 2. The third kappa shape index (κ3) is 6.27. The molecule has 2 aliphatic rings. The molecule has 1 unspecified atom stereocenters. The highest BCUT2D eigenvalue weighted by Gasteiger charge is 2.54. The van der Waals surface area contributed by atoms with E-state index in [1.807, 2.05) is 0 Å². The molecule has 1 aliphatic carbocycles. The van der Waals surface area contributed by atoms with Gasteiger partial charge in [-0.05, 0) is 62.6 Å². The number of carbonyl (C=O) groups excluding carboxylic acids is 1. The van der Waals surface area contributed by atoms with Gasteiger partial charge in [-0.2, -0.15) is 0 Å². The maximum Gasteiger partial charge on any atom is 0.326 e. The van der Waals surface area contributed by atoms with Crippen molar-refractivity contribution in [3.05, 3.63) is 52.2 Å². The van der Waals surface area contributed by atoms with E-state index in [1.54, 1.807) is 0 Å². The molecule has 0 aromatic carbocycles. The number of amides is 1. The van der Waals surface area contributed by atoms with Crippen LogP contribution in [0.25, 0.3) is 0 Å². The lowest BCUT2D eigenvalue weighted by atomic mass is 9.99. The first-order valence-corrected chi connectivity index (χ1v) is 12.4. The maximum atomic E-state index is 13.3. The van der Waals surface area contributed by atoms with Crippen LogP contribution in [0.3, 0.4) is 0 Å². The molecule has 0 saturated heterocycles. The minimum absolute atomic E-state index is 0.0645. The average Bonchev–Trinajstić information content (AvgIpc) is 3.64. The molecule has 1 aliphatic heterocycles. The number of carboxylic acids is 1. The average molecular weight is 505 g/mol. The first-order valence-electron chi connectivity index (χ1n) is 12.0. The van der Waals surface area contributed by atoms with Gasteiger partial charge in [0.2, 0.25) is 5.91 Å². The van der Waals surface area contributed by atoms with Gasteiger partial charge in [0.1, 0.15) is 17.7 Å². The summed E-state index contributed by atoms with van der Waals surface area (Å²) in [5.41, 5.74) is 1.60. The highest BCUT2D eigenvalue weighted by atomic mass is 35.5. The van der Waals surface area contributed by atoms with Gasteiger partial charge in [0.25, 0.3) is 0 Å². The fraction of sp³-hybridized carbons (Fsp3) is 0.520. The number of aryl methyl sites for hydroxylation is 2. The van der Waals surface area contributed by atoms with E-state index in [2.05, 4.69) is 32.7 Å². The van der Waals surface area contributed by atoms with Crippen molar-refractivity contribution in [3.8, 4) is 0 Å². The lowest BCUT2D eigenvalue weighted by molar-refractivity contribution is -0.142. The number of hydrogen-bond donors (Lipinski definition) is 3. The Bertz CT molecular complexity index is 1080. The minimum Gasteiger partial charge on any atom is -0.480 e. The summed E-state index contributed by atoms with van der Waals surface area (Å²) >= 11 is 6.09. The number of nitrogens with one attached hydrogen (secondary N) is 2. The Balaban J connectivity index is 1.18. The van der Waals surface area contributed by atoms with Gasteiger partial charge in [0.15, 0.2) is 0 Å². The van der Waals surface area contributed by atoms with Crippen LogP contribution in [0.2, 0.25) is 5.02 Å². The van der Waals surface area contributed by atoms with Crippen LogP contribution in [-0.2, 0) is 32.6 Å². The number of halogens is 2. The molecule has 0 bridgehead atoms. The Hall–Kier alpha value is -2.78. The number of unbranched alkanes of at least 4 members (excludes halogenated alkanes) is 1. The largest absolute Gasteiger partial charge is 0.480 e. The first kappa shape index (κ1) is 25.3. The van der Waals surface area contributed by atoms with Gasteiger partial charge in [-0.15, -0.1) is 0 Å². The van der Waals surface area contributed by atoms with E-state index < -0.39 is 29.2 Å². The summed E-state index contributed by atoms with van der Waals surface area (Å²) in [6.45, 7) is 1.68. The predicted molar refractivity (Wildman–Crippen MR) is 129 cm³/mol. The number of fused-ring (bicyclic) bond motifs is 1. The van der Waals surface area contributed by atoms with E-state index in [0.29, 0.717) is 19.4 Å². The Morgan fingerprint density at radius 2 is 2.11 bits per heavy atom. The smallest absolute Gasteiger partial charge is 0.326 e. The Morgan fingerprint density at radius 3 is 2.86 bits per heavy atom. The second-order valence-corrected chi connectivity index (χ2v) is 9.54. The number of anilines is 1. The lowest BCUT2D eigenvalue weighted by Gasteiger charge is -2.20. The molecule has 0 spiro atoms. The zero-order chi connectivity index (χ0) is 24.8. The van der Waals surface area contributed by atoms with Crippen molar-refractivity contribution in [2.75, 3.05) is 25.1 Å². The van der Waals surface area contributed by atoms with Crippen LogP contribution in [0.15, 0.2) is 24.4 Å². The second kappa shape index (κ2) is 11.3. The quantitative estimate of drug-likeness (QED) is 0.378. The zero-order valence-corrected chi connectivity index (χ0v) is 20.2. The summed E-state index contributed by atoms with van der Waals surface area (Å²) in [5, 5.41) is 15.5. The van der Waals surface area contributed by atoms with E-state index in [9.17, 15) is 19.1 Å². The monoisotopic (exact) mass is 504 g/mol. The molecular weight excluding hydrogens is 475 g/mol. The van der Waals surface area contributed by atoms with Gasteiger partial charge in [0, 0.05) is 31.9 Å². The molecule has 0 radical (unpaired) electrons. The van der Waals surface area contributed by atoms with Crippen LogP contribution in [0, 0.1) is 5.82 Å². The molecule has 1 atom stereocenters. The molecule has 1 saturated carbocycles. The van der Waals surface area contributed by atoms with E-state index >= 15 is 0 Å². The topological polar surface area (TPSA) is 113 Å². The van der Waals surface area contributed by atoms with Crippen molar-refractivity contribution in [2.45, 2.75) is 62.8 Å². The number of carboxylic acid groups (broad SMARTS) is 1. The molecular formula is C25H30ClFN4O4. The Labute approximate surface area is 208 Å². The molecule has 1 fully saturated rings. The highest BCUT2D eigenvalue weighted by Crippen LogP contribution is 2.49. The van der Waals surface area contributed by atoms with Crippen LogP contribution in [0.1, 0.15) is 55.5 Å². The second-order valence-electron chi connectivity index (χ2n) is 9.13. The molecule has 3 N–H and O–H groups in total. The molecule has 2 aromatic heterocycles. The number of ether oxygens (including phenoxy) is 1. The number of carbonyl (C=O) groups is 2. The lowest BCUT2D eigenvalue weighted by Crippen LogP contribution is -2.46. The summed E-state index contributed by atoms with van der Waals surface area (Å²) in [5.74, 6) is -1.19. The number of aliphatic carboxylic acids is 1. The molecule has 3 heterocycles. The van der Waals surface area contributed by atoms with Crippen molar-refractivity contribution in [1.29, 1.82) is 0 Å². The summed E-state index contributed by atoms with van der Waals surface area (Å²) in [6, 6.07) is 4.24. The van der Waals surface area contributed by atoms with E-state index in [1.165, 1.54) is 5.56 Å². The summed E-state index contributed by atoms with van der Waals surface area (Å²) in [7, 11) is 0. The minimum atomic E-state index is -1.14. The van der Waals surface area contributed by atoms with Gasteiger partial charge in [-0.3, -0.25) is 9.78 Å². The predicted octanol–water partition coefficient (Wildman–Crippen LogP) is 3.66.